The second-order valence-electron chi connectivity index (χ2n) is 4.42. The summed E-state index contributed by atoms with van der Waals surface area (Å²) in [4.78, 5) is 1.12. The smallest absolute Gasteiger partial charge is 0.136 e. The minimum Gasteiger partial charge on any atom is -0.497 e. The van der Waals surface area contributed by atoms with E-state index in [1.54, 1.807) is 26.0 Å². The van der Waals surface area contributed by atoms with E-state index in [0.717, 1.165) is 22.8 Å². The van der Waals surface area contributed by atoms with Crippen LogP contribution in [0.3, 0.4) is 0 Å². The van der Waals surface area contributed by atoms with Gasteiger partial charge in [0, 0.05) is 10.8 Å². The lowest BCUT2D eigenvalue weighted by Crippen LogP contribution is -2.19. The molecule has 4 heteroatoms. The van der Waals surface area contributed by atoms with E-state index in [4.69, 9.17) is 15.2 Å². The Balaban J connectivity index is 2.90. The summed E-state index contributed by atoms with van der Waals surface area (Å²) in [6, 6.07) is 5.88. The molecule has 0 amide bonds. The van der Waals surface area contributed by atoms with Crippen LogP contribution >= 0.6 is 11.8 Å². The van der Waals surface area contributed by atoms with Crippen molar-refractivity contribution in [1.82, 2.24) is 0 Å². The lowest BCUT2D eigenvalue weighted by atomic mass is 10.1. The largest absolute Gasteiger partial charge is 0.497 e. The molecule has 0 aliphatic rings. The zero-order valence-corrected chi connectivity index (χ0v) is 11.8. The van der Waals surface area contributed by atoms with Gasteiger partial charge in [0.25, 0.3) is 0 Å². The number of nitrogens with two attached hydrogens (primary N) is 1. The number of hydrogen-bond acceptors (Lipinski definition) is 4. The van der Waals surface area contributed by atoms with Crippen molar-refractivity contribution >= 4 is 11.8 Å². The molecular formula is C13H21NO2S. The lowest BCUT2D eigenvalue weighted by molar-refractivity contribution is 0.387. The minimum absolute atomic E-state index is 0.108. The van der Waals surface area contributed by atoms with E-state index >= 15 is 0 Å². The van der Waals surface area contributed by atoms with E-state index < -0.39 is 0 Å². The van der Waals surface area contributed by atoms with Crippen molar-refractivity contribution in [3.05, 3.63) is 18.2 Å². The summed E-state index contributed by atoms with van der Waals surface area (Å²) < 4.78 is 10.7. The molecule has 0 aliphatic carbocycles. The first-order chi connectivity index (χ1) is 8.02. The van der Waals surface area contributed by atoms with Crippen molar-refractivity contribution in [2.45, 2.75) is 29.9 Å². The van der Waals surface area contributed by atoms with Crippen molar-refractivity contribution in [2.75, 3.05) is 20.8 Å². The number of hydrogen-bond donors (Lipinski definition) is 1. The number of thioether (sulfide) groups is 1. The highest BCUT2D eigenvalue weighted by Crippen LogP contribution is 2.41. The maximum absolute atomic E-state index is 5.62. The SMILES string of the molecule is COc1ccc(SC(C)(C)CCN)c(OC)c1. The highest BCUT2D eigenvalue weighted by atomic mass is 32.2. The third kappa shape index (κ3) is 4.13. The van der Waals surface area contributed by atoms with Crippen LogP contribution in [-0.2, 0) is 0 Å². The fraction of sp³-hybridized carbons (Fsp3) is 0.538. The van der Waals surface area contributed by atoms with Crippen LogP contribution in [0.4, 0.5) is 0 Å². The standard InChI is InChI=1S/C13H21NO2S/c1-13(2,7-8-14)17-12-6-5-10(15-3)9-11(12)16-4/h5-6,9H,7-8,14H2,1-4H3. The first-order valence-corrected chi connectivity index (χ1v) is 6.45. The molecule has 0 unspecified atom stereocenters. The molecule has 0 saturated heterocycles. The molecule has 0 aliphatic heterocycles. The Labute approximate surface area is 108 Å². The number of rotatable bonds is 6. The van der Waals surface area contributed by atoms with Gasteiger partial charge in [-0.15, -0.1) is 11.8 Å². The molecule has 3 nitrogen and oxygen atoms in total. The third-order valence-electron chi connectivity index (χ3n) is 2.50. The lowest BCUT2D eigenvalue weighted by Gasteiger charge is -2.24. The van der Waals surface area contributed by atoms with Gasteiger partial charge in [0.15, 0.2) is 0 Å². The van der Waals surface area contributed by atoms with Gasteiger partial charge in [0.1, 0.15) is 11.5 Å². The monoisotopic (exact) mass is 255 g/mol. The Hall–Kier alpha value is -0.870. The topological polar surface area (TPSA) is 44.5 Å². The average molecular weight is 255 g/mol. The van der Waals surface area contributed by atoms with Gasteiger partial charge in [-0.05, 0) is 25.1 Å². The van der Waals surface area contributed by atoms with Crippen LogP contribution in [0.5, 0.6) is 11.5 Å². The highest BCUT2D eigenvalue weighted by Gasteiger charge is 2.20. The quantitative estimate of drug-likeness (QED) is 0.794. The molecule has 1 aromatic rings. The van der Waals surface area contributed by atoms with Crippen LogP contribution in [0.1, 0.15) is 20.3 Å². The zero-order chi connectivity index (χ0) is 12.9. The Kier molecular flexibility index (Phi) is 5.15. The second kappa shape index (κ2) is 6.17. The summed E-state index contributed by atoms with van der Waals surface area (Å²) in [5, 5.41) is 0. The van der Waals surface area contributed by atoms with E-state index in [1.165, 1.54) is 0 Å². The fourth-order valence-electron chi connectivity index (χ4n) is 1.56. The maximum Gasteiger partial charge on any atom is 0.136 e. The number of ether oxygens (including phenoxy) is 2. The zero-order valence-electron chi connectivity index (χ0n) is 10.9. The molecule has 0 bridgehead atoms. The highest BCUT2D eigenvalue weighted by molar-refractivity contribution is 8.00. The van der Waals surface area contributed by atoms with Crippen LogP contribution in [0.2, 0.25) is 0 Å². The molecule has 0 saturated carbocycles. The molecule has 96 valence electrons. The molecule has 1 aromatic carbocycles. The van der Waals surface area contributed by atoms with Gasteiger partial charge in [0.05, 0.1) is 19.1 Å². The van der Waals surface area contributed by atoms with E-state index in [1.807, 2.05) is 18.2 Å². The molecule has 0 spiro atoms. The van der Waals surface area contributed by atoms with Crippen molar-refractivity contribution in [1.29, 1.82) is 0 Å². The predicted molar refractivity (Wildman–Crippen MR) is 73.2 cm³/mol. The first kappa shape index (κ1) is 14.2. The van der Waals surface area contributed by atoms with Crippen LogP contribution in [0.25, 0.3) is 0 Å². The number of benzene rings is 1. The predicted octanol–water partition coefficient (Wildman–Crippen LogP) is 2.92. The molecule has 17 heavy (non-hydrogen) atoms. The first-order valence-electron chi connectivity index (χ1n) is 5.63. The van der Waals surface area contributed by atoms with Crippen molar-refractivity contribution in [3.8, 4) is 11.5 Å². The normalized spacial score (nSPS) is 11.4. The second-order valence-corrected chi connectivity index (χ2v) is 6.17. The summed E-state index contributed by atoms with van der Waals surface area (Å²) in [5.74, 6) is 1.65. The molecular weight excluding hydrogens is 234 g/mol. The van der Waals surface area contributed by atoms with Crippen molar-refractivity contribution in [3.63, 3.8) is 0 Å². The van der Waals surface area contributed by atoms with Crippen LogP contribution < -0.4 is 15.2 Å². The van der Waals surface area contributed by atoms with Gasteiger partial charge < -0.3 is 15.2 Å². The van der Waals surface area contributed by atoms with E-state index in [9.17, 15) is 0 Å². The van der Waals surface area contributed by atoms with Gasteiger partial charge >= 0.3 is 0 Å². The molecule has 0 aromatic heterocycles. The van der Waals surface area contributed by atoms with Crippen LogP contribution in [0.15, 0.2) is 23.1 Å². The van der Waals surface area contributed by atoms with Gasteiger partial charge in [-0.25, -0.2) is 0 Å². The molecule has 2 N–H and O–H groups in total. The Morgan fingerprint density at radius 3 is 2.47 bits per heavy atom. The van der Waals surface area contributed by atoms with E-state index in [-0.39, 0.29) is 4.75 Å². The van der Waals surface area contributed by atoms with Gasteiger partial charge in [-0.2, -0.15) is 0 Å². The molecule has 1 rings (SSSR count). The Morgan fingerprint density at radius 1 is 1.24 bits per heavy atom. The molecule has 0 fully saturated rings. The minimum atomic E-state index is 0.108. The van der Waals surface area contributed by atoms with Crippen molar-refractivity contribution in [2.24, 2.45) is 5.73 Å². The maximum atomic E-state index is 5.62. The summed E-state index contributed by atoms with van der Waals surface area (Å²) in [6.07, 6.45) is 0.965. The van der Waals surface area contributed by atoms with Gasteiger partial charge in [-0.1, -0.05) is 13.8 Å². The average Bonchev–Trinajstić information content (AvgIpc) is 2.29. The van der Waals surface area contributed by atoms with Crippen molar-refractivity contribution < 1.29 is 9.47 Å². The number of methoxy groups -OCH3 is 2. The van der Waals surface area contributed by atoms with E-state index in [2.05, 4.69) is 13.8 Å². The summed E-state index contributed by atoms with van der Waals surface area (Å²) in [6.45, 7) is 5.07. The van der Waals surface area contributed by atoms with Gasteiger partial charge in [-0.3, -0.25) is 0 Å². The molecule has 0 atom stereocenters. The van der Waals surface area contributed by atoms with Gasteiger partial charge in [0.2, 0.25) is 0 Å². The summed E-state index contributed by atoms with van der Waals surface area (Å²) >= 11 is 1.78. The third-order valence-corrected chi connectivity index (χ3v) is 3.82. The summed E-state index contributed by atoms with van der Waals surface area (Å²) in [5.41, 5.74) is 5.62. The Bertz CT molecular complexity index is 366. The van der Waals surface area contributed by atoms with Crippen LogP contribution in [-0.4, -0.2) is 25.5 Å². The molecule has 0 heterocycles. The summed E-state index contributed by atoms with van der Waals surface area (Å²) in [7, 11) is 3.33. The fourth-order valence-corrected chi connectivity index (χ4v) is 2.75. The Morgan fingerprint density at radius 2 is 1.94 bits per heavy atom. The van der Waals surface area contributed by atoms with E-state index in [0.29, 0.717) is 6.54 Å². The van der Waals surface area contributed by atoms with Crippen LogP contribution in [0, 0.1) is 0 Å². The molecule has 0 radical (unpaired) electrons.